The molecule has 0 atom stereocenters. The van der Waals surface area contributed by atoms with Crippen molar-refractivity contribution in [2.45, 2.75) is 20.8 Å². The highest BCUT2D eigenvalue weighted by atomic mass is 16.5. The second-order valence-corrected chi connectivity index (χ2v) is 8.57. The molecular weight excluding hydrogens is 466 g/mol. The van der Waals surface area contributed by atoms with Crippen molar-refractivity contribution in [1.82, 2.24) is 14.7 Å². The summed E-state index contributed by atoms with van der Waals surface area (Å²) in [5, 5.41) is 10.7. The van der Waals surface area contributed by atoms with Gasteiger partial charge in [-0.25, -0.2) is 9.48 Å². The van der Waals surface area contributed by atoms with E-state index in [2.05, 4.69) is 10.6 Å². The molecule has 8 heteroatoms. The van der Waals surface area contributed by atoms with E-state index in [1.54, 1.807) is 30.0 Å². The number of rotatable bonds is 8. The number of nitrogens with zero attached hydrogens (tertiary/aromatic N) is 3. The fourth-order valence-corrected chi connectivity index (χ4v) is 4.18. The number of aromatic nitrogens is 2. The number of hydrogen-bond donors (Lipinski definition) is 2. The van der Waals surface area contributed by atoms with Gasteiger partial charge in [-0.2, -0.15) is 5.10 Å². The Morgan fingerprint density at radius 3 is 2.30 bits per heavy atom. The van der Waals surface area contributed by atoms with Crippen molar-refractivity contribution in [2.24, 2.45) is 0 Å². The van der Waals surface area contributed by atoms with Gasteiger partial charge in [0.2, 0.25) is 5.91 Å². The Morgan fingerprint density at radius 2 is 1.59 bits per heavy atom. The Morgan fingerprint density at radius 1 is 0.919 bits per heavy atom. The fourth-order valence-electron chi connectivity index (χ4n) is 4.18. The molecule has 0 spiro atoms. The van der Waals surface area contributed by atoms with Crippen LogP contribution in [0.15, 0.2) is 78.9 Å². The summed E-state index contributed by atoms with van der Waals surface area (Å²) >= 11 is 0. The molecule has 0 bridgehead atoms. The van der Waals surface area contributed by atoms with Crippen LogP contribution in [0.3, 0.4) is 0 Å². The second kappa shape index (κ2) is 11.4. The zero-order chi connectivity index (χ0) is 26.4. The average Bonchev–Trinajstić information content (AvgIpc) is 3.23. The van der Waals surface area contributed by atoms with Gasteiger partial charge in [0.1, 0.15) is 18.1 Å². The summed E-state index contributed by atoms with van der Waals surface area (Å²) in [5.74, 6) is 0.773. The van der Waals surface area contributed by atoms with Crippen LogP contribution in [0, 0.1) is 13.8 Å². The van der Waals surface area contributed by atoms with Gasteiger partial charge in [0.25, 0.3) is 0 Å². The standard InChI is InChI=1S/C29H31N5O3/c1-5-33(29(36)30-23-16-10-12-18-25(23)37-4)19-26(35)31-28-27(22-14-7-6-8-15-22)21(3)32-34(28)24-17-11-9-13-20(24)2/h6-18H,5,19H2,1-4H3,(H,30,36)(H,31,35). The molecule has 3 amide bonds. The van der Waals surface area contributed by atoms with Crippen molar-refractivity contribution in [2.75, 3.05) is 30.8 Å². The van der Waals surface area contributed by atoms with Crippen molar-refractivity contribution in [1.29, 1.82) is 0 Å². The largest absolute Gasteiger partial charge is 0.495 e. The van der Waals surface area contributed by atoms with Crippen molar-refractivity contribution in [3.05, 3.63) is 90.1 Å². The monoisotopic (exact) mass is 497 g/mol. The van der Waals surface area contributed by atoms with E-state index in [1.807, 2.05) is 81.4 Å². The molecular formula is C29H31N5O3. The number of hydrogen-bond acceptors (Lipinski definition) is 4. The SMILES string of the molecule is CCN(CC(=O)Nc1c(-c2ccccc2)c(C)nn1-c1ccccc1C)C(=O)Nc1ccccc1OC. The van der Waals surface area contributed by atoms with Crippen LogP contribution in [0.4, 0.5) is 16.3 Å². The number of nitrogens with one attached hydrogen (secondary N) is 2. The molecule has 4 rings (SSSR count). The van der Waals surface area contributed by atoms with Crippen LogP contribution in [-0.2, 0) is 4.79 Å². The molecule has 0 saturated heterocycles. The Kier molecular flexibility index (Phi) is 7.88. The molecule has 37 heavy (non-hydrogen) atoms. The minimum absolute atomic E-state index is 0.135. The van der Waals surface area contributed by atoms with E-state index in [0.717, 1.165) is 28.1 Å². The molecule has 0 aliphatic rings. The molecule has 0 fully saturated rings. The van der Waals surface area contributed by atoms with Gasteiger partial charge in [-0.05, 0) is 50.1 Å². The molecule has 0 saturated carbocycles. The third kappa shape index (κ3) is 5.64. The Bertz CT molecular complexity index is 1400. The van der Waals surface area contributed by atoms with Crippen LogP contribution in [0.1, 0.15) is 18.2 Å². The predicted octanol–water partition coefficient (Wildman–Crippen LogP) is 5.66. The minimum Gasteiger partial charge on any atom is -0.495 e. The topological polar surface area (TPSA) is 88.5 Å². The number of aryl methyl sites for hydroxylation is 2. The number of benzene rings is 3. The normalized spacial score (nSPS) is 10.6. The smallest absolute Gasteiger partial charge is 0.322 e. The first-order valence-corrected chi connectivity index (χ1v) is 12.1. The predicted molar refractivity (Wildman–Crippen MR) is 146 cm³/mol. The van der Waals surface area contributed by atoms with Crippen LogP contribution in [0.2, 0.25) is 0 Å². The van der Waals surface area contributed by atoms with Gasteiger partial charge >= 0.3 is 6.03 Å². The first-order valence-electron chi connectivity index (χ1n) is 12.1. The third-order valence-electron chi connectivity index (χ3n) is 6.08. The van der Waals surface area contributed by atoms with E-state index < -0.39 is 6.03 Å². The van der Waals surface area contributed by atoms with Crippen LogP contribution in [0.25, 0.3) is 16.8 Å². The molecule has 3 aromatic carbocycles. The van der Waals surface area contributed by atoms with Gasteiger partial charge in [0.15, 0.2) is 0 Å². The minimum atomic E-state index is -0.394. The zero-order valence-electron chi connectivity index (χ0n) is 21.5. The summed E-state index contributed by atoms with van der Waals surface area (Å²) in [6.45, 7) is 5.96. The summed E-state index contributed by atoms with van der Waals surface area (Å²) in [6.07, 6.45) is 0. The average molecular weight is 498 g/mol. The molecule has 1 heterocycles. The summed E-state index contributed by atoms with van der Waals surface area (Å²) in [5.41, 5.74) is 4.98. The third-order valence-corrected chi connectivity index (χ3v) is 6.08. The fraction of sp³-hybridized carbons (Fsp3) is 0.207. The summed E-state index contributed by atoms with van der Waals surface area (Å²) < 4.78 is 7.08. The van der Waals surface area contributed by atoms with E-state index in [-0.39, 0.29) is 12.5 Å². The van der Waals surface area contributed by atoms with Crippen LogP contribution < -0.4 is 15.4 Å². The number of carbonyl (C=O) groups excluding carboxylic acids is 2. The molecule has 0 aliphatic heterocycles. The molecule has 190 valence electrons. The van der Waals surface area contributed by atoms with Crippen molar-refractivity contribution >= 4 is 23.4 Å². The van der Waals surface area contributed by atoms with Crippen molar-refractivity contribution in [3.8, 4) is 22.6 Å². The Balaban J connectivity index is 1.62. The quantitative estimate of drug-likeness (QED) is 0.329. The van der Waals surface area contributed by atoms with Gasteiger partial charge in [-0.1, -0.05) is 60.7 Å². The summed E-state index contributed by atoms with van der Waals surface area (Å²) in [6, 6.07) is 24.4. The molecule has 0 radical (unpaired) electrons. The number of ether oxygens (including phenoxy) is 1. The lowest BCUT2D eigenvalue weighted by atomic mass is 10.1. The highest BCUT2D eigenvalue weighted by Crippen LogP contribution is 2.34. The van der Waals surface area contributed by atoms with Crippen LogP contribution in [-0.4, -0.2) is 46.8 Å². The van der Waals surface area contributed by atoms with Crippen molar-refractivity contribution < 1.29 is 14.3 Å². The Labute approximate surface area is 216 Å². The van der Waals surface area contributed by atoms with Gasteiger partial charge in [0.05, 0.1) is 24.2 Å². The van der Waals surface area contributed by atoms with E-state index in [4.69, 9.17) is 9.84 Å². The maximum Gasteiger partial charge on any atom is 0.322 e. The van der Waals surface area contributed by atoms with Gasteiger partial charge < -0.3 is 20.3 Å². The van der Waals surface area contributed by atoms with Gasteiger partial charge in [-0.3, -0.25) is 4.79 Å². The Hall–Kier alpha value is -4.59. The lowest BCUT2D eigenvalue weighted by Crippen LogP contribution is -2.40. The second-order valence-electron chi connectivity index (χ2n) is 8.57. The van der Waals surface area contributed by atoms with Crippen LogP contribution >= 0.6 is 0 Å². The number of urea groups is 1. The lowest BCUT2D eigenvalue weighted by molar-refractivity contribution is -0.116. The molecule has 0 unspecified atom stereocenters. The molecule has 8 nitrogen and oxygen atoms in total. The molecule has 2 N–H and O–H groups in total. The number of anilines is 2. The summed E-state index contributed by atoms with van der Waals surface area (Å²) in [7, 11) is 1.54. The molecule has 0 aliphatic carbocycles. The van der Waals surface area contributed by atoms with Gasteiger partial charge in [-0.15, -0.1) is 0 Å². The van der Waals surface area contributed by atoms with E-state index in [0.29, 0.717) is 23.8 Å². The zero-order valence-corrected chi connectivity index (χ0v) is 21.5. The maximum atomic E-state index is 13.3. The highest BCUT2D eigenvalue weighted by Gasteiger charge is 2.23. The van der Waals surface area contributed by atoms with Gasteiger partial charge in [0, 0.05) is 12.1 Å². The van der Waals surface area contributed by atoms with Crippen LogP contribution in [0.5, 0.6) is 5.75 Å². The van der Waals surface area contributed by atoms with E-state index in [1.165, 1.54) is 4.90 Å². The number of methoxy groups -OCH3 is 1. The molecule has 4 aromatic rings. The first-order chi connectivity index (χ1) is 17.9. The lowest BCUT2D eigenvalue weighted by Gasteiger charge is -2.22. The number of amides is 3. The highest BCUT2D eigenvalue weighted by molar-refractivity contribution is 5.99. The van der Waals surface area contributed by atoms with Crippen molar-refractivity contribution in [3.63, 3.8) is 0 Å². The number of likely N-dealkylation sites (N-methyl/N-ethyl adjacent to an activating group) is 1. The van der Waals surface area contributed by atoms with E-state index in [9.17, 15) is 9.59 Å². The molecule has 1 aromatic heterocycles. The summed E-state index contributed by atoms with van der Waals surface area (Å²) in [4.78, 5) is 27.7. The number of para-hydroxylation sites is 3. The number of carbonyl (C=O) groups is 2. The maximum absolute atomic E-state index is 13.3. The van der Waals surface area contributed by atoms with E-state index >= 15 is 0 Å². The first kappa shape index (κ1) is 25.5.